The summed E-state index contributed by atoms with van der Waals surface area (Å²) in [5.41, 5.74) is 7.19. The first-order chi connectivity index (χ1) is 10.5. The Morgan fingerprint density at radius 1 is 1.27 bits per heavy atom. The summed E-state index contributed by atoms with van der Waals surface area (Å²) in [5, 5.41) is 2.47. The van der Waals surface area contributed by atoms with Crippen LogP contribution in [0.3, 0.4) is 0 Å². The lowest BCUT2D eigenvalue weighted by Gasteiger charge is -2.15. The van der Waals surface area contributed by atoms with Gasteiger partial charge < -0.3 is 15.8 Å². The smallest absolute Gasteiger partial charge is 0.265 e. The van der Waals surface area contributed by atoms with E-state index in [1.807, 2.05) is 24.3 Å². The average molecular weight is 302 g/mol. The lowest BCUT2D eigenvalue weighted by Crippen LogP contribution is -2.30. The summed E-state index contributed by atoms with van der Waals surface area (Å²) >= 11 is 0. The van der Waals surface area contributed by atoms with Crippen molar-refractivity contribution in [3.8, 4) is 5.75 Å². The van der Waals surface area contributed by atoms with E-state index in [1.54, 1.807) is 6.92 Å². The molecule has 1 atom stereocenters. The van der Waals surface area contributed by atoms with Crippen molar-refractivity contribution in [2.45, 2.75) is 26.4 Å². The Morgan fingerprint density at radius 2 is 1.95 bits per heavy atom. The van der Waals surface area contributed by atoms with Crippen molar-refractivity contribution < 1.29 is 13.9 Å². The van der Waals surface area contributed by atoms with Gasteiger partial charge in [0.2, 0.25) is 0 Å². The Kier molecular flexibility index (Phi) is 4.99. The molecular weight excluding hydrogens is 283 g/mol. The van der Waals surface area contributed by atoms with Crippen molar-refractivity contribution in [3.05, 3.63) is 53.8 Å². The maximum atomic E-state index is 13.6. The lowest BCUT2D eigenvalue weighted by atomic mass is 10.2. The van der Waals surface area contributed by atoms with Gasteiger partial charge in [-0.15, -0.1) is 0 Å². The molecule has 0 radical (unpaired) electrons. The maximum absolute atomic E-state index is 13.6. The van der Waals surface area contributed by atoms with E-state index < -0.39 is 17.8 Å². The Bertz CT molecular complexity index is 656. The SMILES string of the molecule is CCc1ccc(O[C@@H](C)C(=O)Nc2cc(N)ccc2F)cc1. The minimum absolute atomic E-state index is 0.0433. The summed E-state index contributed by atoms with van der Waals surface area (Å²) in [5.74, 6) is -0.390. The fourth-order valence-electron chi connectivity index (χ4n) is 1.93. The number of amides is 1. The number of hydrogen-bond donors (Lipinski definition) is 2. The third-order valence-electron chi connectivity index (χ3n) is 3.26. The molecule has 5 heteroatoms. The van der Waals surface area contributed by atoms with Gasteiger partial charge in [-0.05, 0) is 49.2 Å². The van der Waals surface area contributed by atoms with Gasteiger partial charge in [0, 0.05) is 5.69 Å². The first-order valence-electron chi connectivity index (χ1n) is 7.11. The molecule has 0 fully saturated rings. The molecule has 2 aromatic rings. The van der Waals surface area contributed by atoms with E-state index in [9.17, 15) is 9.18 Å². The molecule has 116 valence electrons. The first-order valence-corrected chi connectivity index (χ1v) is 7.11. The van der Waals surface area contributed by atoms with Gasteiger partial charge in [-0.2, -0.15) is 0 Å². The summed E-state index contributed by atoms with van der Waals surface area (Å²) in [6.45, 7) is 3.67. The number of anilines is 2. The zero-order valence-electron chi connectivity index (χ0n) is 12.6. The van der Waals surface area contributed by atoms with Gasteiger partial charge in [-0.1, -0.05) is 19.1 Å². The number of halogens is 1. The largest absolute Gasteiger partial charge is 0.481 e. The van der Waals surface area contributed by atoms with Gasteiger partial charge in [0.15, 0.2) is 6.10 Å². The molecule has 2 aromatic carbocycles. The number of carbonyl (C=O) groups excluding carboxylic acids is 1. The van der Waals surface area contributed by atoms with Crippen LogP contribution in [0.2, 0.25) is 0 Å². The van der Waals surface area contributed by atoms with Gasteiger partial charge in [-0.25, -0.2) is 4.39 Å². The molecule has 0 bridgehead atoms. The highest BCUT2D eigenvalue weighted by Gasteiger charge is 2.16. The fourth-order valence-corrected chi connectivity index (χ4v) is 1.93. The minimum atomic E-state index is -0.756. The number of carbonyl (C=O) groups is 1. The molecule has 1 amide bonds. The third kappa shape index (κ3) is 3.97. The molecule has 3 N–H and O–H groups in total. The van der Waals surface area contributed by atoms with Crippen LogP contribution in [-0.2, 0) is 11.2 Å². The van der Waals surface area contributed by atoms with E-state index in [0.29, 0.717) is 11.4 Å². The quantitative estimate of drug-likeness (QED) is 0.832. The lowest BCUT2D eigenvalue weighted by molar-refractivity contribution is -0.122. The maximum Gasteiger partial charge on any atom is 0.265 e. The van der Waals surface area contributed by atoms with Gasteiger partial charge in [-0.3, -0.25) is 4.79 Å². The number of nitrogen functional groups attached to an aromatic ring is 1. The molecular formula is C17H19FN2O2. The number of ether oxygens (including phenoxy) is 1. The Hall–Kier alpha value is -2.56. The topological polar surface area (TPSA) is 64.3 Å². The summed E-state index contributed by atoms with van der Waals surface area (Å²) < 4.78 is 19.1. The van der Waals surface area contributed by atoms with Gasteiger partial charge >= 0.3 is 0 Å². The molecule has 0 saturated carbocycles. The standard InChI is InChI=1S/C17H19FN2O2/c1-3-12-4-7-14(8-5-12)22-11(2)17(21)20-16-10-13(19)6-9-15(16)18/h4-11H,3,19H2,1-2H3,(H,20,21)/t11-/m0/s1. The van der Waals surface area contributed by atoms with Crippen LogP contribution < -0.4 is 15.8 Å². The summed E-state index contributed by atoms with van der Waals surface area (Å²) in [6, 6.07) is 11.5. The second kappa shape index (κ2) is 6.93. The first kappa shape index (κ1) is 15.8. The van der Waals surface area contributed by atoms with Crippen LogP contribution in [0, 0.1) is 5.82 Å². The van der Waals surface area contributed by atoms with Crippen LogP contribution in [-0.4, -0.2) is 12.0 Å². The highest BCUT2D eigenvalue weighted by molar-refractivity contribution is 5.94. The van der Waals surface area contributed by atoms with Crippen molar-refractivity contribution in [2.75, 3.05) is 11.1 Å². The molecule has 0 unspecified atom stereocenters. The summed E-state index contributed by atoms with van der Waals surface area (Å²) in [6.07, 6.45) is 0.179. The molecule has 0 spiro atoms. The number of nitrogens with two attached hydrogens (primary N) is 1. The van der Waals surface area contributed by atoms with E-state index in [2.05, 4.69) is 12.2 Å². The van der Waals surface area contributed by atoms with Crippen LogP contribution in [0.5, 0.6) is 5.75 Å². The molecule has 0 aliphatic rings. The highest BCUT2D eigenvalue weighted by atomic mass is 19.1. The van der Waals surface area contributed by atoms with Crippen LogP contribution in [0.15, 0.2) is 42.5 Å². The average Bonchev–Trinajstić information content (AvgIpc) is 2.51. The van der Waals surface area contributed by atoms with E-state index in [-0.39, 0.29) is 5.69 Å². The monoisotopic (exact) mass is 302 g/mol. The number of benzene rings is 2. The molecule has 0 saturated heterocycles. The van der Waals surface area contributed by atoms with Crippen molar-refractivity contribution in [3.63, 3.8) is 0 Å². The van der Waals surface area contributed by atoms with Crippen molar-refractivity contribution in [1.29, 1.82) is 0 Å². The van der Waals surface area contributed by atoms with E-state index in [1.165, 1.54) is 23.8 Å². The minimum Gasteiger partial charge on any atom is -0.481 e. The Labute approximate surface area is 129 Å². The van der Waals surface area contributed by atoms with Crippen molar-refractivity contribution in [1.82, 2.24) is 0 Å². The third-order valence-corrected chi connectivity index (χ3v) is 3.26. The Morgan fingerprint density at radius 3 is 2.59 bits per heavy atom. The molecule has 0 heterocycles. The van der Waals surface area contributed by atoms with Crippen LogP contribution in [0.25, 0.3) is 0 Å². The van der Waals surface area contributed by atoms with Crippen LogP contribution >= 0.6 is 0 Å². The molecule has 2 rings (SSSR count). The van der Waals surface area contributed by atoms with E-state index >= 15 is 0 Å². The van der Waals surface area contributed by atoms with Crippen LogP contribution in [0.1, 0.15) is 19.4 Å². The van der Waals surface area contributed by atoms with Gasteiger partial charge in [0.05, 0.1) is 5.69 Å². The predicted molar refractivity (Wildman–Crippen MR) is 85.4 cm³/mol. The van der Waals surface area contributed by atoms with Crippen molar-refractivity contribution in [2.24, 2.45) is 0 Å². The van der Waals surface area contributed by atoms with E-state index in [0.717, 1.165) is 6.42 Å². The molecule has 4 nitrogen and oxygen atoms in total. The highest BCUT2D eigenvalue weighted by Crippen LogP contribution is 2.19. The Balaban J connectivity index is 2.00. The van der Waals surface area contributed by atoms with Crippen LogP contribution in [0.4, 0.5) is 15.8 Å². The number of nitrogens with one attached hydrogen (secondary N) is 1. The summed E-state index contributed by atoms with van der Waals surface area (Å²) in [7, 11) is 0. The number of rotatable bonds is 5. The molecule has 0 aromatic heterocycles. The second-order valence-corrected chi connectivity index (χ2v) is 4.99. The predicted octanol–water partition coefficient (Wildman–Crippen LogP) is 3.38. The fraction of sp³-hybridized carbons (Fsp3) is 0.235. The number of hydrogen-bond acceptors (Lipinski definition) is 3. The van der Waals surface area contributed by atoms with Crippen molar-refractivity contribution >= 4 is 17.3 Å². The second-order valence-electron chi connectivity index (χ2n) is 4.99. The molecule has 0 aliphatic carbocycles. The van der Waals surface area contributed by atoms with E-state index in [4.69, 9.17) is 10.5 Å². The van der Waals surface area contributed by atoms with Gasteiger partial charge in [0.1, 0.15) is 11.6 Å². The normalized spacial score (nSPS) is 11.8. The van der Waals surface area contributed by atoms with Gasteiger partial charge in [0.25, 0.3) is 5.91 Å². The zero-order chi connectivity index (χ0) is 16.1. The summed E-state index contributed by atoms with van der Waals surface area (Å²) in [4.78, 5) is 12.1. The molecule has 22 heavy (non-hydrogen) atoms. The number of aryl methyl sites for hydroxylation is 1. The zero-order valence-corrected chi connectivity index (χ0v) is 12.6. The molecule has 0 aliphatic heterocycles.